The van der Waals surface area contributed by atoms with Crippen LogP contribution in [0.5, 0.6) is 0 Å². The average molecular weight is 332 g/mol. The summed E-state index contributed by atoms with van der Waals surface area (Å²) in [6, 6.07) is 31.6. The summed E-state index contributed by atoms with van der Waals surface area (Å²) in [7, 11) is 0. The molecular weight excluding hydrogens is 316 g/mol. The summed E-state index contributed by atoms with van der Waals surface area (Å²) in [4.78, 5) is 10.9. The Morgan fingerprint density at radius 2 is 0.923 bits per heavy atom. The number of hydrogen-bond donors (Lipinski definition) is 0. The Hall–Kier alpha value is -3.45. The molecule has 1 nitrogen and oxygen atoms in total. The summed E-state index contributed by atoms with van der Waals surface area (Å²) >= 11 is 0. The van der Waals surface area contributed by atoms with Crippen LogP contribution < -0.4 is 0 Å². The van der Waals surface area contributed by atoms with E-state index in [1.54, 1.807) is 0 Å². The van der Waals surface area contributed by atoms with Crippen molar-refractivity contribution in [1.82, 2.24) is 0 Å². The van der Waals surface area contributed by atoms with E-state index in [-0.39, 0.29) is 0 Å². The van der Waals surface area contributed by atoms with Gasteiger partial charge in [-0.2, -0.15) is 0 Å². The van der Waals surface area contributed by atoms with Crippen molar-refractivity contribution in [1.29, 1.82) is 0 Å². The van der Waals surface area contributed by atoms with Gasteiger partial charge in [0.05, 0.1) is 0 Å². The van der Waals surface area contributed by atoms with Crippen LogP contribution in [-0.4, -0.2) is 6.29 Å². The van der Waals surface area contributed by atoms with Crippen LogP contribution in [0.15, 0.2) is 91.0 Å². The van der Waals surface area contributed by atoms with Crippen LogP contribution in [0.4, 0.5) is 0 Å². The number of carbonyl (C=O) groups is 1. The molecular formula is C25H16O. The van der Waals surface area contributed by atoms with E-state index in [2.05, 4.69) is 66.7 Å². The molecule has 5 rings (SSSR count). The normalized spacial score (nSPS) is 11.2. The molecule has 0 amide bonds. The van der Waals surface area contributed by atoms with Crippen LogP contribution in [-0.2, 0) is 0 Å². The van der Waals surface area contributed by atoms with Gasteiger partial charge >= 0.3 is 0 Å². The van der Waals surface area contributed by atoms with Gasteiger partial charge in [0.25, 0.3) is 0 Å². The first kappa shape index (κ1) is 14.9. The van der Waals surface area contributed by atoms with Gasteiger partial charge in [0.1, 0.15) is 6.29 Å². The second-order valence-electron chi connectivity index (χ2n) is 6.59. The number of aldehydes is 1. The lowest BCUT2D eigenvalue weighted by Gasteiger charge is -2.12. The largest absolute Gasteiger partial charge is 0.298 e. The lowest BCUT2D eigenvalue weighted by Crippen LogP contribution is -1.85. The minimum atomic E-state index is 0.700. The molecule has 0 aromatic heterocycles. The molecule has 5 aromatic rings. The molecule has 0 N–H and O–H groups in total. The monoisotopic (exact) mass is 332 g/mol. The molecule has 0 aliphatic heterocycles. The summed E-state index contributed by atoms with van der Waals surface area (Å²) in [5, 5.41) is 7.66. The lowest BCUT2D eigenvalue weighted by molar-refractivity contribution is 0.112. The fourth-order valence-corrected chi connectivity index (χ4v) is 3.84. The molecule has 0 bridgehead atoms. The molecule has 122 valence electrons. The van der Waals surface area contributed by atoms with Gasteiger partial charge in [-0.25, -0.2) is 0 Å². The van der Waals surface area contributed by atoms with Gasteiger partial charge < -0.3 is 0 Å². The molecule has 0 spiro atoms. The fourth-order valence-electron chi connectivity index (χ4n) is 3.84. The van der Waals surface area contributed by atoms with Crippen molar-refractivity contribution < 1.29 is 4.79 Å². The molecule has 0 saturated carbocycles. The van der Waals surface area contributed by atoms with Gasteiger partial charge in [0.2, 0.25) is 0 Å². The number of carbonyl (C=O) groups excluding carboxylic acids is 1. The number of hydrogen-bond acceptors (Lipinski definition) is 1. The standard InChI is InChI=1S/C25H16O/c26-16-17-9-11-18(12-10-17)19-13-14-24-22-7-2-1-5-20(22)21-6-3-4-8-23(21)25(24)15-19/h1-16H. The first-order valence-corrected chi connectivity index (χ1v) is 8.74. The number of fused-ring (bicyclic) bond motifs is 6. The Balaban J connectivity index is 1.86. The van der Waals surface area contributed by atoms with Crippen LogP contribution in [0, 0.1) is 0 Å². The topological polar surface area (TPSA) is 17.1 Å². The van der Waals surface area contributed by atoms with Gasteiger partial charge in [-0.05, 0) is 49.5 Å². The molecule has 1 heteroatoms. The molecule has 5 aromatic carbocycles. The molecule has 0 radical (unpaired) electrons. The van der Waals surface area contributed by atoms with E-state index in [9.17, 15) is 4.79 Å². The highest BCUT2D eigenvalue weighted by atomic mass is 16.1. The highest BCUT2D eigenvalue weighted by Crippen LogP contribution is 2.36. The van der Waals surface area contributed by atoms with Crippen molar-refractivity contribution in [2.24, 2.45) is 0 Å². The van der Waals surface area contributed by atoms with Crippen molar-refractivity contribution in [2.45, 2.75) is 0 Å². The van der Waals surface area contributed by atoms with Crippen molar-refractivity contribution in [3.8, 4) is 11.1 Å². The summed E-state index contributed by atoms with van der Waals surface area (Å²) in [5.74, 6) is 0. The Bertz CT molecular complexity index is 1250. The lowest BCUT2D eigenvalue weighted by atomic mass is 9.92. The van der Waals surface area contributed by atoms with Crippen LogP contribution >= 0.6 is 0 Å². The van der Waals surface area contributed by atoms with E-state index in [0.717, 1.165) is 17.4 Å². The van der Waals surface area contributed by atoms with Gasteiger partial charge in [-0.3, -0.25) is 4.79 Å². The van der Waals surface area contributed by atoms with Gasteiger partial charge in [0, 0.05) is 5.56 Å². The van der Waals surface area contributed by atoms with E-state index < -0.39 is 0 Å². The van der Waals surface area contributed by atoms with Crippen LogP contribution in [0.25, 0.3) is 43.4 Å². The zero-order valence-corrected chi connectivity index (χ0v) is 14.1. The van der Waals surface area contributed by atoms with Crippen molar-refractivity contribution in [3.05, 3.63) is 96.6 Å². The SMILES string of the molecule is O=Cc1ccc(-c2ccc3c4ccccc4c4ccccc4c3c2)cc1. The molecule has 0 fully saturated rings. The number of rotatable bonds is 2. The first-order valence-electron chi connectivity index (χ1n) is 8.74. The van der Waals surface area contributed by atoms with Crippen molar-refractivity contribution in [2.75, 3.05) is 0 Å². The third-order valence-electron chi connectivity index (χ3n) is 5.12. The fraction of sp³-hybridized carbons (Fsp3) is 0. The maximum atomic E-state index is 10.9. The summed E-state index contributed by atoms with van der Waals surface area (Å²) < 4.78 is 0. The Morgan fingerprint density at radius 3 is 1.46 bits per heavy atom. The van der Waals surface area contributed by atoms with E-state index >= 15 is 0 Å². The number of benzene rings is 5. The Morgan fingerprint density at radius 1 is 0.462 bits per heavy atom. The molecule has 0 saturated heterocycles. The molecule has 0 heterocycles. The Labute approximate surface area is 151 Å². The highest BCUT2D eigenvalue weighted by Gasteiger charge is 2.09. The second kappa shape index (κ2) is 5.82. The zero-order valence-electron chi connectivity index (χ0n) is 14.1. The van der Waals surface area contributed by atoms with Crippen LogP contribution in [0.2, 0.25) is 0 Å². The predicted molar refractivity (Wildman–Crippen MR) is 110 cm³/mol. The van der Waals surface area contributed by atoms with E-state index in [0.29, 0.717) is 5.56 Å². The summed E-state index contributed by atoms with van der Waals surface area (Å²) in [6.45, 7) is 0. The van der Waals surface area contributed by atoms with Crippen LogP contribution in [0.1, 0.15) is 10.4 Å². The molecule has 0 aliphatic carbocycles. The molecule has 26 heavy (non-hydrogen) atoms. The Kier molecular flexibility index (Phi) is 3.32. The zero-order chi connectivity index (χ0) is 17.5. The average Bonchev–Trinajstić information content (AvgIpc) is 2.74. The van der Waals surface area contributed by atoms with Crippen molar-refractivity contribution >= 4 is 38.6 Å². The van der Waals surface area contributed by atoms with E-state index in [1.165, 1.54) is 32.3 Å². The quantitative estimate of drug-likeness (QED) is 0.262. The van der Waals surface area contributed by atoms with E-state index in [1.807, 2.05) is 24.3 Å². The summed E-state index contributed by atoms with van der Waals surface area (Å²) in [5.41, 5.74) is 2.98. The highest BCUT2D eigenvalue weighted by molar-refractivity contribution is 6.25. The minimum absolute atomic E-state index is 0.700. The molecule has 0 atom stereocenters. The smallest absolute Gasteiger partial charge is 0.150 e. The van der Waals surface area contributed by atoms with Crippen molar-refractivity contribution in [3.63, 3.8) is 0 Å². The van der Waals surface area contributed by atoms with Gasteiger partial charge in [0.15, 0.2) is 0 Å². The third kappa shape index (κ3) is 2.21. The third-order valence-corrected chi connectivity index (χ3v) is 5.12. The molecule has 0 unspecified atom stereocenters. The van der Waals surface area contributed by atoms with E-state index in [4.69, 9.17) is 0 Å². The van der Waals surface area contributed by atoms with Crippen LogP contribution in [0.3, 0.4) is 0 Å². The maximum Gasteiger partial charge on any atom is 0.150 e. The summed E-state index contributed by atoms with van der Waals surface area (Å²) in [6.07, 6.45) is 0.879. The minimum Gasteiger partial charge on any atom is -0.298 e. The predicted octanol–water partition coefficient (Wildman–Crippen LogP) is 6.63. The maximum absolute atomic E-state index is 10.9. The van der Waals surface area contributed by atoms with Gasteiger partial charge in [-0.15, -0.1) is 0 Å². The first-order chi connectivity index (χ1) is 12.8. The second-order valence-corrected chi connectivity index (χ2v) is 6.59. The molecule has 0 aliphatic rings. The van der Waals surface area contributed by atoms with Gasteiger partial charge in [-0.1, -0.05) is 84.9 Å².